The fourth-order valence-corrected chi connectivity index (χ4v) is 3.03. The Labute approximate surface area is 132 Å². The van der Waals surface area contributed by atoms with Gasteiger partial charge in [0.1, 0.15) is 5.76 Å². The Balaban J connectivity index is 1.70. The van der Waals surface area contributed by atoms with E-state index in [2.05, 4.69) is 28.0 Å². The Morgan fingerprint density at radius 1 is 1.48 bits per heavy atom. The van der Waals surface area contributed by atoms with E-state index in [0.29, 0.717) is 18.3 Å². The average molecular weight is 352 g/mol. The SMILES string of the molecule is CC1CCCCN1C(=O)c1ccc(Cn2cc(Br)cn2)o1. The summed E-state index contributed by atoms with van der Waals surface area (Å²) in [6.07, 6.45) is 6.94. The largest absolute Gasteiger partial charge is 0.454 e. The predicted molar refractivity (Wildman–Crippen MR) is 82.1 cm³/mol. The van der Waals surface area contributed by atoms with Gasteiger partial charge in [-0.1, -0.05) is 0 Å². The second-order valence-corrected chi connectivity index (χ2v) is 6.38. The molecule has 1 unspecified atom stereocenters. The number of furan rings is 1. The van der Waals surface area contributed by atoms with Gasteiger partial charge in [0, 0.05) is 18.8 Å². The molecule has 0 spiro atoms. The van der Waals surface area contributed by atoms with Crippen molar-refractivity contribution in [3.05, 3.63) is 40.5 Å². The summed E-state index contributed by atoms with van der Waals surface area (Å²) in [5, 5.41) is 4.18. The Bertz CT molecular complexity index is 634. The van der Waals surface area contributed by atoms with Crippen LogP contribution in [0.15, 0.2) is 33.4 Å². The van der Waals surface area contributed by atoms with Gasteiger partial charge in [0.25, 0.3) is 5.91 Å². The molecule has 5 nitrogen and oxygen atoms in total. The predicted octanol–water partition coefficient (Wildman–Crippen LogP) is 3.30. The molecule has 0 N–H and O–H groups in total. The van der Waals surface area contributed by atoms with Gasteiger partial charge >= 0.3 is 0 Å². The van der Waals surface area contributed by atoms with Crippen LogP contribution in [-0.2, 0) is 6.54 Å². The fraction of sp³-hybridized carbons (Fsp3) is 0.467. The van der Waals surface area contributed by atoms with Crippen molar-refractivity contribution in [2.45, 2.75) is 38.8 Å². The number of carbonyl (C=O) groups is 1. The number of halogens is 1. The van der Waals surface area contributed by atoms with E-state index >= 15 is 0 Å². The highest BCUT2D eigenvalue weighted by Crippen LogP contribution is 2.20. The van der Waals surface area contributed by atoms with Crippen LogP contribution in [0.4, 0.5) is 0 Å². The molecule has 1 atom stereocenters. The number of rotatable bonds is 3. The van der Waals surface area contributed by atoms with Crippen LogP contribution >= 0.6 is 15.9 Å². The number of piperidine rings is 1. The second-order valence-electron chi connectivity index (χ2n) is 5.47. The van der Waals surface area contributed by atoms with Crippen LogP contribution < -0.4 is 0 Å². The summed E-state index contributed by atoms with van der Waals surface area (Å²) in [6, 6.07) is 3.90. The molecule has 2 aromatic heterocycles. The molecule has 0 aromatic carbocycles. The van der Waals surface area contributed by atoms with Crippen LogP contribution in [-0.4, -0.2) is 33.2 Å². The van der Waals surface area contributed by atoms with Gasteiger partial charge in [0.2, 0.25) is 0 Å². The molecule has 3 heterocycles. The summed E-state index contributed by atoms with van der Waals surface area (Å²) in [4.78, 5) is 14.4. The van der Waals surface area contributed by atoms with Crippen LogP contribution in [0.2, 0.25) is 0 Å². The smallest absolute Gasteiger partial charge is 0.289 e. The first kappa shape index (κ1) is 14.4. The number of likely N-dealkylation sites (tertiary alicyclic amines) is 1. The topological polar surface area (TPSA) is 51.3 Å². The molecule has 0 bridgehead atoms. The Morgan fingerprint density at radius 3 is 3.05 bits per heavy atom. The van der Waals surface area contributed by atoms with Crippen molar-refractivity contribution in [2.24, 2.45) is 0 Å². The minimum absolute atomic E-state index is 0.00454. The monoisotopic (exact) mass is 351 g/mol. The Kier molecular flexibility index (Phi) is 4.14. The molecule has 3 rings (SSSR count). The number of aromatic nitrogens is 2. The van der Waals surface area contributed by atoms with Crippen molar-refractivity contribution >= 4 is 21.8 Å². The van der Waals surface area contributed by atoms with Crippen molar-refractivity contribution in [1.82, 2.24) is 14.7 Å². The van der Waals surface area contributed by atoms with Crippen molar-refractivity contribution in [2.75, 3.05) is 6.54 Å². The van der Waals surface area contributed by atoms with Gasteiger partial charge in [-0.25, -0.2) is 0 Å². The number of amides is 1. The third-order valence-electron chi connectivity index (χ3n) is 3.86. The van der Waals surface area contributed by atoms with E-state index in [1.54, 1.807) is 16.9 Å². The van der Waals surface area contributed by atoms with Crippen LogP contribution in [0.3, 0.4) is 0 Å². The molecule has 6 heteroatoms. The lowest BCUT2D eigenvalue weighted by atomic mass is 10.0. The zero-order valence-corrected chi connectivity index (χ0v) is 13.5. The summed E-state index contributed by atoms with van der Waals surface area (Å²) >= 11 is 3.36. The van der Waals surface area contributed by atoms with Gasteiger partial charge in [-0.3, -0.25) is 9.48 Å². The number of carbonyl (C=O) groups excluding carboxylic acids is 1. The minimum atomic E-state index is -0.00454. The van der Waals surface area contributed by atoms with E-state index in [1.165, 1.54) is 6.42 Å². The van der Waals surface area contributed by atoms with E-state index in [4.69, 9.17) is 4.42 Å². The third kappa shape index (κ3) is 3.20. The molecule has 21 heavy (non-hydrogen) atoms. The molecule has 1 aliphatic heterocycles. The van der Waals surface area contributed by atoms with Gasteiger partial charge in [0.05, 0.1) is 17.2 Å². The van der Waals surface area contributed by atoms with Gasteiger partial charge < -0.3 is 9.32 Å². The maximum Gasteiger partial charge on any atom is 0.289 e. The number of nitrogens with zero attached hydrogens (tertiary/aromatic N) is 3. The van der Waals surface area contributed by atoms with Crippen molar-refractivity contribution in [1.29, 1.82) is 0 Å². The summed E-state index contributed by atoms with van der Waals surface area (Å²) in [5.41, 5.74) is 0. The van der Waals surface area contributed by atoms with Gasteiger partial charge in [-0.2, -0.15) is 5.10 Å². The quantitative estimate of drug-likeness (QED) is 0.852. The zero-order valence-electron chi connectivity index (χ0n) is 12.0. The minimum Gasteiger partial charge on any atom is -0.454 e. The molecule has 0 aliphatic carbocycles. The van der Waals surface area contributed by atoms with Crippen LogP contribution in [0, 0.1) is 0 Å². The highest BCUT2D eigenvalue weighted by Gasteiger charge is 2.26. The van der Waals surface area contributed by atoms with Crippen molar-refractivity contribution in [3.8, 4) is 0 Å². The third-order valence-corrected chi connectivity index (χ3v) is 4.27. The van der Waals surface area contributed by atoms with Crippen LogP contribution in [0.25, 0.3) is 0 Å². The first-order valence-electron chi connectivity index (χ1n) is 7.21. The molecule has 1 aliphatic rings. The Hall–Kier alpha value is -1.56. The summed E-state index contributed by atoms with van der Waals surface area (Å²) in [7, 11) is 0. The molecule has 112 valence electrons. The first-order valence-corrected chi connectivity index (χ1v) is 8.00. The molecule has 0 radical (unpaired) electrons. The lowest BCUT2D eigenvalue weighted by Crippen LogP contribution is -2.41. The Morgan fingerprint density at radius 2 is 2.33 bits per heavy atom. The number of hydrogen-bond donors (Lipinski definition) is 0. The molecule has 0 saturated carbocycles. The van der Waals surface area contributed by atoms with E-state index in [1.807, 2.05) is 17.2 Å². The lowest BCUT2D eigenvalue weighted by molar-refractivity contribution is 0.0601. The van der Waals surface area contributed by atoms with E-state index in [-0.39, 0.29) is 5.91 Å². The average Bonchev–Trinajstić information content (AvgIpc) is 3.08. The molecule has 2 aromatic rings. The molecule has 1 amide bonds. The highest BCUT2D eigenvalue weighted by molar-refractivity contribution is 9.10. The molecular weight excluding hydrogens is 334 g/mol. The maximum atomic E-state index is 12.5. The van der Waals surface area contributed by atoms with Gasteiger partial charge in [-0.05, 0) is 54.2 Å². The van der Waals surface area contributed by atoms with E-state index < -0.39 is 0 Å². The van der Waals surface area contributed by atoms with E-state index in [0.717, 1.165) is 29.6 Å². The lowest BCUT2D eigenvalue weighted by Gasteiger charge is -2.32. The molecule has 1 fully saturated rings. The standard InChI is InChI=1S/C15H18BrN3O2/c1-11-4-2-3-7-19(11)15(20)14-6-5-13(21-14)10-18-9-12(16)8-17-18/h5-6,8-9,11H,2-4,7,10H2,1H3. The summed E-state index contributed by atoms with van der Waals surface area (Å²) < 4.78 is 8.38. The maximum absolute atomic E-state index is 12.5. The van der Waals surface area contributed by atoms with Crippen LogP contribution in [0.5, 0.6) is 0 Å². The number of hydrogen-bond acceptors (Lipinski definition) is 3. The van der Waals surface area contributed by atoms with Crippen molar-refractivity contribution < 1.29 is 9.21 Å². The molecule has 1 saturated heterocycles. The first-order chi connectivity index (χ1) is 10.1. The van der Waals surface area contributed by atoms with E-state index in [9.17, 15) is 4.79 Å². The van der Waals surface area contributed by atoms with Gasteiger partial charge in [0.15, 0.2) is 5.76 Å². The summed E-state index contributed by atoms with van der Waals surface area (Å²) in [5.74, 6) is 1.15. The fourth-order valence-electron chi connectivity index (χ4n) is 2.70. The zero-order chi connectivity index (χ0) is 14.8. The normalized spacial score (nSPS) is 19.0. The second kappa shape index (κ2) is 6.05. The van der Waals surface area contributed by atoms with Crippen LogP contribution in [0.1, 0.15) is 42.5 Å². The van der Waals surface area contributed by atoms with Crippen molar-refractivity contribution in [3.63, 3.8) is 0 Å². The van der Waals surface area contributed by atoms with Gasteiger partial charge in [-0.15, -0.1) is 0 Å². The molecular formula is C15H18BrN3O2. The highest BCUT2D eigenvalue weighted by atomic mass is 79.9. The summed E-state index contributed by atoms with van der Waals surface area (Å²) in [6.45, 7) is 3.44.